The van der Waals surface area contributed by atoms with Crippen molar-refractivity contribution in [2.45, 2.75) is 45.7 Å². The van der Waals surface area contributed by atoms with Gasteiger partial charge in [0.15, 0.2) is 5.65 Å². The van der Waals surface area contributed by atoms with E-state index in [1.165, 1.54) is 12.8 Å². The first-order chi connectivity index (χ1) is 12.3. The Bertz CT molecular complexity index is 857. The number of nitrogens with zero attached hydrogens (tertiary/aromatic N) is 6. The highest BCUT2D eigenvalue weighted by Crippen LogP contribution is 2.23. The number of rotatable bonds is 4. The van der Waals surface area contributed by atoms with Gasteiger partial charge < -0.3 is 4.57 Å². The van der Waals surface area contributed by atoms with Crippen molar-refractivity contribution < 1.29 is 0 Å². The fourth-order valence-corrected chi connectivity index (χ4v) is 3.70. The summed E-state index contributed by atoms with van der Waals surface area (Å²) in [5.74, 6) is 1.14. The fourth-order valence-electron chi connectivity index (χ4n) is 3.70. The number of pyridine rings is 1. The minimum atomic E-state index is 0.636. The zero-order chi connectivity index (χ0) is 17.2. The number of imidazole rings is 1. The molecule has 0 saturated heterocycles. The van der Waals surface area contributed by atoms with Crippen molar-refractivity contribution in [3.8, 4) is 11.3 Å². The molecule has 0 bridgehead atoms. The van der Waals surface area contributed by atoms with Gasteiger partial charge in [0.25, 0.3) is 0 Å². The predicted molar refractivity (Wildman–Crippen MR) is 98.2 cm³/mol. The lowest BCUT2D eigenvalue weighted by Crippen LogP contribution is -2.35. The lowest BCUT2D eigenvalue weighted by molar-refractivity contribution is 0.203. The average Bonchev–Trinajstić information content (AvgIpc) is 2.85. The van der Waals surface area contributed by atoms with E-state index in [-0.39, 0.29) is 0 Å². The molecule has 0 amide bonds. The molecule has 6 nitrogen and oxygen atoms in total. The number of hydrogen-bond acceptors (Lipinski definition) is 5. The molecule has 25 heavy (non-hydrogen) atoms. The third-order valence-electron chi connectivity index (χ3n) is 5.09. The van der Waals surface area contributed by atoms with Crippen molar-refractivity contribution >= 4 is 11.2 Å². The molecule has 1 unspecified atom stereocenters. The maximum atomic E-state index is 4.86. The Kier molecular flexibility index (Phi) is 4.44. The van der Waals surface area contributed by atoms with Gasteiger partial charge in [0.1, 0.15) is 11.3 Å². The van der Waals surface area contributed by atoms with E-state index in [0.29, 0.717) is 6.04 Å². The van der Waals surface area contributed by atoms with Gasteiger partial charge in [-0.2, -0.15) is 0 Å². The summed E-state index contributed by atoms with van der Waals surface area (Å²) in [6, 6.07) is 2.71. The van der Waals surface area contributed by atoms with Crippen molar-refractivity contribution in [2.24, 2.45) is 0 Å². The summed E-state index contributed by atoms with van der Waals surface area (Å²) in [6.07, 6.45) is 10.5. The second-order valence-electron chi connectivity index (χ2n) is 6.76. The van der Waals surface area contributed by atoms with E-state index in [1.807, 2.05) is 6.20 Å². The van der Waals surface area contributed by atoms with Gasteiger partial charge in [-0.05, 0) is 19.4 Å². The summed E-state index contributed by atoms with van der Waals surface area (Å²) in [7, 11) is 0. The molecule has 130 valence electrons. The van der Waals surface area contributed by atoms with Gasteiger partial charge in [-0.3, -0.25) is 14.9 Å². The van der Waals surface area contributed by atoms with Crippen LogP contribution in [0.4, 0.5) is 0 Å². The van der Waals surface area contributed by atoms with Crippen molar-refractivity contribution in [3.05, 3.63) is 36.7 Å². The molecule has 3 aromatic rings. The SMILES string of the molecule is CCCC(C)N1CCc2nc3cc(-c4cnccn4)cnc3n2CC1. The van der Waals surface area contributed by atoms with Crippen LogP contribution in [0.1, 0.15) is 32.5 Å². The summed E-state index contributed by atoms with van der Waals surface area (Å²) in [5.41, 5.74) is 3.73. The van der Waals surface area contributed by atoms with Gasteiger partial charge in [0.2, 0.25) is 0 Å². The number of fused-ring (bicyclic) bond motifs is 3. The van der Waals surface area contributed by atoms with Gasteiger partial charge in [-0.1, -0.05) is 13.3 Å². The normalized spacial score (nSPS) is 16.6. The molecule has 1 aliphatic rings. The quantitative estimate of drug-likeness (QED) is 0.733. The standard InChI is InChI=1S/C19H24N6/c1-3-4-14(2)24-8-5-18-23-16-11-15(17-13-20-6-7-21-17)12-22-19(16)25(18)10-9-24/h6-7,11-14H,3-5,8-10H2,1-2H3. The Hall–Kier alpha value is -2.34. The first kappa shape index (κ1) is 16.1. The molecule has 4 rings (SSSR count). The van der Waals surface area contributed by atoms with Crippen molar-refractivity contribution in [1.29, 1.82) is 0 Å². The summed E-state index contributed by atoms with van der Waals surface area (Å²) < 4.78 is 2.29. The fraction of sp³-hybridized carbons (Fsp3) is 0.474. The summed E-state index contributed by atoms with van der Waals surface area (Å²) in [5, 5.41) is 0. The molecule has 1 aliphatic heterocycles. The largest absolute Gasteiger partial charge is 0.311 e. The highest BCUT2D eigenvalue weighted by molar-refractivity contribution is 5.77. The van der Waals surface area contributed by atoms with Gasteiger partial charge in [0, 0.05) is 56.3 Å². The minimum Gasteiger partial charge on any atom is -0.311 e. The molecular weight excluding hydrogens is 312 g/mol. The van der Waals surface area contributed by atoms with Crippen LogP contribution in [-0.2, 0) is 13.0 Å². The highest BCUT2D eigenvalue weighted by Gasteiger charge is 2.21. The first-order valence-corrected chi connectivity index (χ1v) is 9.12. The molecule has 0 aromatic carbocycles. The Morgan fingerprint density at radius 2 is 2.04 bits per heavy atom. The van der Waals surface area contributed by atoms with Crippen LogP contribution in [-0.4, -0.2) is 48.5 Å². The molecule has 1 atom stereocenters. The maximum absolute atomic E-state index is 4.86. The van der Waals surface area contributed by atoms with Crippen LogP contribution in [0.15, 0.2) is 30.9 Å². The average molecular weight is 336 g/mol. The van der Waals surface area contributed by atoms with Crippen molar-refractivity contribution in [1.82, 2.24) is 29.4 Å². The Balaban J connectivity index is 1.62. The Labute approximate surface area is 148 Å². The Morgan fingerprint density at radius 3 is 2.84 bits per heavy atom. The van der Waals surface area contributed by atoms with Crippen LogP contribution in [0.2, 0.25) is 0 Å². The van der Waals surface area contributed by atoms with Crippen LogP contribution >= 0.6 is 0 Å². The van der Waals surface area contributed by atoms with Crippen LogP contribution < -0.4 is 0 Å². The van der Waals surface area contributed by atoms with Gasteiger partial charge in [-0.25, -0.2) is 9.97 Å². The smallest absolute Gasteiger partial charge is 0.160 e. The summed E-state index contributed by atoms with van der Waals surface area (Å²) in [6.45, 7) is 7.68. The third-order valence-corrected chi connectivity index (χ3v) is 5.09. The van der Waals surface area contributed by atoms with Crippen molar-refractivity contribution in [2.75, 3.05) is 13.1 Å². The predicted octanol–water partition coefficient (Wildman–Crippen LogP) is 2.94. The van der Waals surface area contributed by atoms with Crippen LogP contribution in [0.3, 0.4) is 0 Å². The van der Waals surface area contributed by atoms with E-state index in [1.54, 1.807) is 18.6 Å². The summed E-state index contributed by atoms with van der Waals surface area (Å²) >= 11 is 0. The topological polar surface area (TPSA) is 59.7 Å². The monoisotopic (exact) mass is 336 g/mol. The third kappa shape index (κ3) is 3.14. The highest BCUT2D eigenvalue weighted by atomic mass is 15.2. The second-order valence-corrected chi connectivity index (χ2v) is 6.76. The van der Waals surface area contributed by atoms with E-state index in [0.717, 1.165) is 54.3 Å². The maximum Gasteiger partial charge on any atom is 0.160 e. The molecule has 0 aliphatic carbocycles. The minimum absolute atomic E-state index is 0.636. The Morgan fingerprint density at radius 1 is 1.12 bits per heavy atom. The van der Waals surface area contributed by atoms with Crippen molar-refractivity contribution in [3.63, 3.8) is 0 Å². The summed E-state index contributed by atoms with van der Waals surface area (Å²) in [4.78, 5) is 20.6. The molecular formula is C19H24N6. The van der Waals surface area contributed by atoms with E-state index >= 15 is 0 Å². The molecule has 0 N–H and O–H groups in total. The molecule has 0 radical (unpaired) electrons. The molecule has 0 fully saturated rings. The lowest BCUT2D eigenvalue weighted by atomic mass is 10.1. The molecule has 6 heteroatoms. The van der Waals surface area contributed by atoms with E-state index in [9.17, 15) is 0 Å². The van der Waals surface area contributed by atoms with Crippen LogP contribution in [0, 0.1) is 0 Å². The number of aromatic nitrogens is 5. The lowest BCUT2D eigenvalue weighted by Gasteiger charge is -2.26. The first-order valence-electron chi connectivity index (χ1n) is 9.12. The van der Waals surface area contributed by atoms with E-state index in [2.05, 4.69) is 39.3 Å². The second kappa shape index (κ2) is 6.88. The zero-order valence-electron chi connectivity index (χ0n) is 14.9. The van der Waals surface area contributed by atoms with Gasteiger partial charge in [-0.15, -0.1) is 0 Å². The molecule has 0 spiro atoms. The zero-order valence-corrected chi connectivity index (χ0v) is 14.9. The molecule has 3 aromatic heterocycles. The van der Waals surface area contributed by atoms with Crippen LogP contribution in [0.25, 0.3) is 22.4 Å². The van der Waals surface area contributed by atoms with Gasteiger partial charge in [0.05, 0.1) is 11.9 Å². The molecule has 0 saturated carbocycles. The van der Waals surface area contributed by atoms with Gasteiger partial charge >= 0.3 is 0 Å². The molecule has 4 heterocycles. The van der Waals surface area contributed by atoms with Crippen LogP contribution in [0.5, 0.6) is 0 Å². The van der Waals surface area contributed by atoms with E-state index < -0.39 is 0 Å². The van der Waals surface area contributed by atoms with E-state index in [4.69, 9.17) is 9.97 Å². The number of hydrogen-bond donors (Lipinski definition) is 0.